The Hall–Kier alpha value is -2.87. The van der Waals surface area contributed by atoms with Gasteiger partial charge in [-0.1, -0.05) is 18.2 Å². The van der Waals surface area contributed by atoms with Gasteiger partial charge in [0, 0.05) is 17.2 Å². The first-order chi connectivity index (χ1) is 12.3. The van der Waals surface area contributed by atoms with E-state index in [1.807, 2.05) is 38.1 Å². The number of para-hydroxylation sites is 1. The molecule has 8 heteroatoms. The summed E-state index contributed by atoms with van der Waals surface area (Å²) in [5.74, 6) is 0.687. The molecule has 1 aromatic carbocycles. The van der Waals surface area contributed by atoms with Crippen molar-refractivity contribution in [3.05, 3.63) is 53.9 Å². The highest BCUT2D eigenvalue weighted by molar-refractivity contribution is 7.90. The van der Waals surface area contributed by atoms with Gasteiger partial charge in [-0.15, -0.1) is 0 Å². The highest BCUT2D eigenvalue weighted by atomic mass is 32.2. The van der Waals surface area contributed by atoms with Gasteiger partial charge in [-0.25, -0.2) is 18.2 Å². The molecular formula is C18H19N3O4S. The smallest absolute Gasteiger partial charge is 0.319 e. The zero-order chi connectivity index (χ0) is 18.9. The number of anilines is 1. The molecule has 0 spiro atoms. The molecule has 3 aromatic rings. The zero-order valence-corrected chi connectivity index (χ0v) is 15.4. The number of aromatic nitrogens is 1. The molecule has 26 heavy (non-hydrogen) atoms. The van der Waals surface area contributed by atoms with E-state index in [1.165, 1.54) is 18.3 Å². The SMILES string of the molecule is Cc1c(C(C)NC(=O)Nc2ccc(S(C)(=O)=O)nc2)oc2ccccc12. The minimum atomic E-state index is -3.37. The van der Waals surface area contributed by atoms with Gasteiger partial charge in [0.05, 0.1) is 17.9 Å². The summed E-state index contributed by atoms with van der Waals surface area (Å²) in [5.41, 5.74) is 2.14. The fraction of sp³-hybridized carbons (Fsp3) is 0.222. The third kappa shape index (κ3) is 3.70. The average Bonchev–Trinajstić information content (AvgIpc) is 2.92. The molecule has 0 saturated carbocycles. The van der Waals surface area contributed by atoms with Gasteiger partial charge in [-0.3, -0.25) is 0 Å². The number of fused-ring (bicyclic) bond motifs is 1. The third-order valence-electron chi connectivity index (χ3n) is 4.00. The normalized spacial score (nSPS) is 12.7. The lowest BCUT2D eigenvalue weighted by atomic mass is 10.1. The van der Waals surface area contributed by atoms with Gasteiger partial charge >= 0.3 is 6.03 Å². The highest BCUT2D eigenvalue weighted by Crippen LogP contribution is 2.29. The Morgan fingerprint density at radius 1 is 1.19 bits per heavy atom. The van der Waals surface area contributed by atoms with Crippen LogP contribution in [0.15, 0.2) is 52.0 Å². The summed E-state index contributed by atoms with van der Waals surface area (Å²) in [7, 11) is -3.37. The van der Waals surface area contributed by atoms with Crippen LogP contribution in [-0.4, -0.2) is 25.7 Å². The summed E-state index contributed by atoms with van der Waals surface area (Å²) >= 11 is 0. The second kappa shape index (κ2) is 6.80. The van der Waals surface area contributed by atoms with Gasteiger partial charge in [0.15, 0.2) is 14.9 Å². The van der Waals surface area contributed by atoms with E-state index in [4.69, 9.17) is 4.42 Å². The summed E-state index contributed by atoms with van der Waals surface area (Å²) in [6.45, 7) is 3.78. The number of hydrogen-bond acceptors (Lipinski definition) is 5. The van der Waals surface area contributed by atoms with Crippen LogP contribution in [0.3, 0.4) is 0 Å². The highest BCUT2D eigenvalue weighted by Gasteiger charge is 2.18. The quantitative estimate of drug-likeness (QED) is 0.730. The Kier molecular flexibility index (Phi) is 4.69. The summed E-state index contributed by atoms with van der Waals surface area (Å²) in [5, 5.41) is 6.39. The molecule has 0 aliphatic carbocycles. The fourth-order valence-corrected chi connectivity index (χ4v) is 3.27. The lowest BCUT2D eigenvalue weighted by molar-refractivity contribution is 0.248. The molecule has 1 atom stereocenters. The van der Waals surface area contributed by atoms with E-state index in [9.17, 15) is 13.2 Å². The number of urea groups is 1. The van der Waals surface area contributed by atoms with Crippen molar-refractivity contribution in [2.24, 2.45) is 0 Å². The van der Waals surface area contributed by atoms with E-state index in [1.54, 1.807) is 0 Å². The monoisotopic (exact) mass is 373 g/mol. The lowest BCUT2D eigenvalue weighted by Gasteiger charge is -2.13. The predicted molar refractivity (Wildman–Crippen MR) is 98.9 cm³/mol. The van der Waals surface area contributed by atoms with E-state index in [-0.39, 0.29) is 11.1 Å². The number of nitrogens with one attached hydrogen (secondary N) is 2. The van der Waals surface area contributed by atoms with Crippen LogP contribution in [0.25, 0.3) is 11.0 Å². The maximum atomic E-state index is 12.2. The average molecular weight is 373 g/mol. The fourth-order valence-electron chi connectivity index (χ4n) is 2.71. The number of carbonyl (C=O) groups excluding carboxylic acids is 1. The van der Waals surface area contributed by atoms with E-state index < -0.39 is 15.9 Å². The Morgan fingerprint density at radius 2 is 1.92 bits per heavy atom. The van der Waals surface area contributed by atoms with Crippen molar-refractivity contribution in [3.8, 4) is 0 Å². The lowest BCUT2D eigenvalue weighted by Crippen LogP contribution is -2.31. The van der Waals surface area contributed by atoms with Crippen molar-refractivity contribution < 1.29 is 17.6 Å². The van der Waals surface area contributed by atoms with Gasteiger partial charge in [0.25, 0.3) is 0 Å². The van der Waals surface area contributed by atoms with Gasteiger partial charge in [-0.05, 0) is 32.0 Å². The van der Waals surface area contributed by atoms with Crippen molar-refractivity contribution in [2.45, 2.75) is 24.9 Å². The first-order valence-electron chi connectivity index (χ1n) is 7.97. The summed E-state index contributed by atoms with van der Waals surface area (Å²) in [6.07, 6.45) is 2.37. The van der Waals surface area contributed by atoms with Crippen molar-refractivity contribution in [2.75, 3.05) is 11.6 Å². The van der Waals surface area contributed by atoms with E-state index in [0.717, 1.165) is 22.8 Å². The second-order valence-electron chi connectivity index (χ2n) is 6.06. The van der Waals surface area contributed by atoms with Gasteiger partial charge in [0.1, 0.15) is 11.3 Å². The molecule has 7 nitrogen and oxygen atoms in total. The minimum absolute atomic E-state index is 0.0465. The molecule has 3 rings (SSSR count). The first kappa shape index (κ1) is 17.9. The van der Waals surface area contributed by atoms with E-state index in [0.29, 0.717) is 11.4 Å². The largest absolute Gasteiger partial charge is 0.459 e. The van der Waals surface area contributed by atoms with E-state index >= 15 is 0 Å². The van der Waals surface area contributed by atoms with E-state index in [2.05, 4.69) is 15.6 Å². The molecule has 0 fully saturated rings. The molecular weight excluding hydrogens is 354 g/mol. The number of amides is 2. The molecule has 2 amide bonds. The molecule has 0 bridgehead atoms. The van der Waals surface area contributed by atoms with Crippen LogP contribution >= 0.6 is 0 Å². The van der Waals surface area contributed by atoms with Crippen LogP contribution in [0.2, 0.25) is 0 Å². The number of aryl methyl sites for hydroxylation is 1. The zero-order valence-electron chi connectivity index (χ0n) is 14.6. The summed E-state index contributed by atoms with van der Waals surface area (Å²) < 4.78 is 28.6. The molecule has 0 radical (unpaired) electrons. The number of benzene rings is 1. The molecule has 2 aromatic heterocycles. The Balaban J connectivity index is 1.70. The first-order valence-corrected chi connectivity index (χ1v) is 9.86. The Labute approximate surface area is 151 Å². The van der Waals surface area contributed by atoms with Crippen LogP contribution < -0.4 is 10.6 Å². The van der Waals surface area contributed by atoms with Crippen molar-refractivity contribution in [1.29, 1.82) is 0 Å². The molecule has 1 unspecified atom stereocenters. The second-order valence-corrected chi connectivity index (χ2v) is 8.03. The van der Waals surface area contributed by atoms with Crippen LogP contribution in [0.5, 0.6) is 0 Å². The number of sulfone groups is 1. The maximum Gasteiger partial charge on any atom is 0.319 e. The van der Waals surface area contributed by atoms with Crippen LogP contribution in [-0.2, 0) is 9.84 Å². The number of carbonyl (C=O) groups is 1. The minimum Gasteiger partial charge on any atom is -0.459 e. The molecule has 0 saturated heterocycles. The Bertz CT molecular complexity index is 1060. The predicted octanol–water partition coefficient (Wildman–Crippen LogP) is 3.42. The van der Waals surface area contributed by atoms with Gasteiger partial charge in [-0.2, -0.15) is 0 Å². The molecule has 0 aliphatic heterocycles. The molecule has 2 heterocycles. The van der Waals surface area contributed by atoms with Crippen LogP contribution in [0, 0.1) is 6.92 Å². The van der Waals surface area contributed by atoms with Crippen LogP contribution in [0.1, 0.15) is 24.3 Å². The van der Waals surface area contributed by atoms with Crippen molar-refractivity contribution in [3.63, 3.8) is 0 Å². The third-order valence-corrected chi connectivity index (χ3v) is 5.00. The Morgan fingerprint density at radius 3 is 2.54 bits per heavy atom. The topological polar surface area (TPSA) is 101 Å². The number of hydrogen-bond donors (Lipinski definition) is 2. The van der Waals surface area contributed by atoms with Crippen LogP contribution in [0.4, 0.5) is 10.5 Å². The molecule has 2 N–H and O–H groups in total. The summed E-state index contributed by atoms with van der Waals surface area (Å²) in [6, 6.07) is 9.74. The number of furan rings is 1. The maximum absolute atomic E-state index is 12.2. The summed E-state index contributed by atoms with van der Waals surface area (Å²) in [4.78, 5) is 16.0. The van der Waals surface area contributed by atoms with Crippen molar-refractivity contribution in [1.82, 2.24) is 10.3 Å². The van der Waals surface area contributed by atoms with Crippen molar-refractivity contribution >= 4 is 32.5 Å². The number of pyridine rings is 1. The van der Waals surface area contributed by atoms with Gasteiger partial charge in [0.2, 0.25) is 0 Å². The number of rotatable bonds is 4. The number of nitrogens with zero attached hydrogens (tertiary/aromatic N) is 1. The molecule has 0 aliphatic rings. The van der Waals surface area contributed by atoms with Gasteiger partial charge < -0.3 is 15.1 Å². The molecule has 136 valence electrons. The standard InChI is InChI=1S/C18H19N3O4S/c1-11-14-6-4-5-7-15(14)25-17(11)12(2)20-18(22)21-13-8-9-16(19-10-13)26(3,23)24/h4-10,12H,1-3H3,(H2,20,21,22).